The topological polar surface area (TPSA) is 50.3 Å². The minimum absolute atomic E-state index is 0.255. The average Bonchev–Trinajstić information content (AvgIpc) is 2.20. The molecule has 1 heterocycles. The van der Waals surface area contributed by atoms with Crippen LogP contribution in [0.25, 0.3) is 0 Å². The van der Waals surface area contributed by atoms with Crippen LogP contribution in [0.5, 0.6) is 0 Å². The van der Waals surface area contributed by atoms with E-state index < -0.39 is 23.0 Å². The van der Waals surface area contributed by atoms with Crippen LogP contribution in [-0.2, 0) is 10.0 Å². The van der Waals surface area contributed by atoms with Crippen molar-refractivity contribution in [1.82, 2.24) is 9.29 Å². The molecule has 1 aromatic rings. The number of sulfonamides is 1. The molecule has 0 aliphatic carbocycles. The third-order valence-corrected chi connectivity index (χ3v) is 4.54. The summed E-state index contributed by atoms with van der Waals surface area (Å²) in [4.78, 5) is 3.32. The van der Waals surface area contributed by atoms with Crippen molar-refractivity contribution in [3.05, 3.63) is 21.9 Å². The predicted octanol–water partition coefficient (Wildman–Crippen LogP) is 2.38. The quantitative estimate of drug-likeness (QED) is 0.784. The highest BCUT2D eigenvalue weighted by molar-refractivity contribution is 9.10. The molecule has 1 rings (SSSR count). The van der Waals surface area contributed by atoms with Crippen molar-refractivity contribution in [1.29, 1.82) is 0 Å². The zero-order valence-corrected chi connectivity index (χ0v) is 11.7. The van der Waals surface area contributed by atoms with Crippen LogP contribution in [0.3, 0.4) is 0 Å². The Labute approximate surface area is 111 Å². The Kier molecular flexibility index (Phi) is 4.82. The summed E-state index contributed by atoms with van der Waals surface area (Å²) >= 11 is 8.67. The van der Waals surface area contributed by atoms with E-state index in [1.807, 2.05) is 0 Å². The molecule has 96 valence electrons. The van der Waals surface area contributed by atoms with Crippen molar-refractivity contribution >= 4 is 37.6 Å². The monoisotopic (exact) mass is 348 g/mol. The molecule has 0 saturated heterocycles. The van der Waals surface area contributed by atoms with Gasteiger partial charge in [-0.2, -0.15) is 4.31 Å². The molecule has 4 nitrogen and oxygen atoms in total. The molecule has 0 aliphatic heterocycles. The van der Waals surface area contributed by atoms with Gasteiger partial charge in [-0.3, -0.25) is 0 Å². The van der Waals surface area contributed by atoms with Crippen molar-refractivity contribution in [3.8, 4) is 0 Å². The van der Waals surface area contributed by atoms with Gasteiger partial charge in [-0.25, -0.2) is 22.2 Å². The van der Waals surface area contributed by atoms with Gasteiger partial charge in [0.2, 0.25) is 10.0 Å². The second-order valence-electron chi connectivity index (χ2n) is 3.12. The first-order valence-electron chi connectivity index (χ1n) is 4.30. The molecule has 0 aliphatic rings. The first kappa shape index (κ1) is 14.7. The maximum Gasteiger partial charge on any atom is 0.252 e. The normalized spacial score (nSPS) is 12.4. The van der Waals surface area contributed by atoms with Crippen molar-refractivity contribution in [2.24, 2.45) is 0 Å². The predicted molar refractivity (Wildman–Crippen MR) is 62.8 cm³/mol. The van der Waals surface area contributed by atoms with Gasteiger partial charge in [0.05, 0.1) is 6.54 Å². The first-order valence-corrected chi connectivity index (χ1v) is 6.91. The molecule has 0 fully saturated rings. The fourth-order valence-electron chi connectivity index (χ4n) is 1.05. The van der Waals surface area contributed by atoms with E-state index in [4.69, 9.17) is 11.6 Å². The molecule has 9 heteroatoms. The zero-order chi connectivity index (χ0) is 13.2. The molecule has 0 bridgehead atoms. The number of hydrogen-bond acceptors (Lipinski definition) is 3. The number of rotatable bonds is 4. The number of hydrogen-bond donors (Lipinski definition) is 0. The minimum atomic E-state index is -4.06. The van der Waals surface area contributed by atoms with Gasteiger partial charge in [-0.05, 0) is 22.0 Å². The van der Waals surface area contributed by atoms with Crippen LogP contribution in [0.1, 0.15) is 0 Å². The van der Waals surface area contributed by atoms with Crippen molar-refractivity contribution in [2.75, 3.05) is 13.6 Å². The molecule has 0 N–H and O–H groups in total. The van der Waals surface area contributed by atoms with Crippen molar-refractivity contribution < 1.29 is 17.2 Å². The summed E-state index contributed by atoms with van der Waals surface area (Å²) < 4.78 is 49.0. The molecule has 1 aromatic heterocycles. The Balaban J connectivity index is 3.17. The molecule has 0 saturated carbocycles. The van der Waals surface area contributed by atoms with Gasteiger partial charge in [-0.15, -0.1) is 0 Å². The van der Waals surface area contributed by atoms with Gasteiger partial charge >= 0.3 is 0 Å². The van der Waals surface area contributed by atoms with E-state index in [1.165, 1.54) is 12.3 Å². The summed E-state index contributed by atoms with van der Waals surface area (Å²) in [6, 6.07) is 1.21. The molecular weight excluding hydrogens is 342 g/mol. The summed E-state index contributed by atoms with van der Waals surface area (Å²) in [6.07, 6.45) is -1.44. The second-order valence-corrected chi connectivity index (χ2v) is 6.41. The fourth-order valence-corrected chi connectivity index (χ4v) is 3.11. The van der Waals surface area contributed by atoms with E-state index in [9.17, 15) is 17.2 Å². The Bertz CT molecular complexity index is 512. The Morgan fingerprint density at radius 1 is 1.59 bits per heavy atom. The third-order valence-electron chi connectivity index (χ3n) is 1.86. The number of aromatic nitrogens is 1. The first-order chi connectivity index (χ1) is 7.75. The number of nitrogens with zero attached hydrogens (tertiary/aromatic N) is 2. The molecule has 0 aromatic carbocycles. The van der Waals surface area contributed by atoms with Crippen LogP contribution in [0.4, 0.5) is 8.78 Å². The summed E-state index contributed by atoms with van der Waals surface area (Å²) in [5.41, 5.74) is 0. The average molecular weight is 350 g/mol. The molecule has 0 amide bonds. The lowest BCUT2D eigenvalue weighted by Crippen LogP contribution is -2.31. The number of pyridine rings is 1. The van der Waals surface area contributed by atoms with Gasteiger partial charge in [0.15, 0.2) is 0 Å². The summed E-state index contributed by atoms with van der Waals surface area (Å²) in [5, 5.41) is -0.255. The summed E-state index contributed by atoms with van der Waals surface area (Å²) in [5.74, 6) is 0. The van der Waals surface area contributed by atoms with Crippen LogP contribution < -0.4 is 0 Å². The maximum absolute atomic E-state index is 12.1. The minimum Gasteiger partial charge on any atom is -0.242 e. The number of halogens is 4. The largest absolute Gasteiger partial charge is 0.252 e. The summed E-state index contributed by atoms with van der Waals surface area (Å²) in [7, 11) is -3.00. The molecule has 0 spiro atoms. The maximum atomic E-state index is 12.1. The van der Waals surface area contributed by atoms with Crippen molar-refractivity contribution in [2.45, 2.75) is 11.3 Å². The zero-order valence-electron chi connectivity index (χ0n) is 8.57. The Morgan fingerprint density at radius 3 is 2.71 bits per heavy atom. The van der Waals surface area contributed by atoms with E-state index in [0.717, 1.165) is 7.05 Å². The van der Waals surface area contributed by atoms with Gasteiger partial charge in [0.1, 0.15) is 10.0 Å². The van der Waals surface area contributed by atoms with Crippen LogP contribution in [0.15, 0.2) is 21.6 Å². The van der Waals surface area contributed by atoms with Gasteiger partial charge in [0.25, 0.3) is 6.43 Å². The second kappa shape index (κ2) is 5.55. The lowest BCUT2D eigenvalue weighted by atomic mass is 10.5. The van der Waals surface area contributed by atoms with Crippen LogP contribution in [-0.4, -0.2) is 37.7 Å². The standard InChI is InChI=1S/C8H8BrClF2N2O2S/c1-14(4-7(11)12)17(15,16)6-2-5(9)3-13-8(6)10/h2-3,7H,4H2,1H3. The van der Waals surface area contributed by atoms with Gasteiger partial charge in [-0.1, -0.05) is 11.6 Å². The lowest BCUT2D eigenvalue weighted by Gasteiger charge is -2.17. The lowest BCUT2D eigenvalue weighted by molar-refractivity contribution is 0.126. The fraction of sp³-hybridized carbons (Fsp3) is 0.375. The smallest absolute Gasteiger partial charge is 0.242 e. The van der Waals surface area contributed by atoms with Crippen LogP contribution in [0.2, 0.25) is 5.15 Å². The molecule has 0 radical (unpaired) electrons. The highest BCUT2D eigenvalue weighted by Crippen LogP contribution is 2.25. The van der Waals surface area contributed by atoms with E-state index in [0.29, 0.717) is 8.78 Å². The molecule has 17 heavy (non-hydrogen) atoms. The van der Waals surface area contributed by atoms with Crippen molar-refractivity contribution in [3.63, 3.8) is 0 Å². The van der Waals surface area contributed by atoms with E-state index in [2.05, 4.69) is 20.9 Å². The number of alkyl halides is 2. The molecule has 0 unspecified atom stereocenters. The van der Waals surface area contributed by atoms with Gasteiger partial charge in [0, 0.05) is 17.7 Å². The molecule has 0 atom stereocenters. The van der Waals surface area contributed by atoms with E-state index in [1.54, 1.807) is 0 Å². The van der Waals surface area contributed by atoms with E-state index >= 15 is 0 Å². The van der Waals surface area contributed by atoms with E-state index in [-0.39, 0.29) is 10.0 Å². The Morgan fingerprint density at radius 2 is 2.18 bits per heavy atom. The highest BCUT2D eigenvalue weighted by atomic mass is 79.9. The SMILES string of the molecule is CN(CC(F)F)S(=O)(=O)c1cc(Br)cnc1Cl. The third kappa shape index (κ3) is 3.57. The van der Waals surface area contributed by atoms with Gasteiger partial charge < -0.3 is 0 Å². The Hall–Kier alpha value is -0.310. The molecular formula is C8H8BrClF2N2O2S. The highest BCUT2D eigenvalue weighted by Gasteiger charge is 2.26. The van der Waals surface area contributed by atoms with Crippen LogP contribution in [0, 0.1) is 0 Å². The summed E-state index contributed by atoms with van der Waals surface area (Å²) in [6.45, 7) is -0.898. The van der Waals surface area contributed by atoms with Crippen LogP contribution >= 0.6 is 27.5 Å².